The van der Waals surface area contributed by atoms with Crippen molar-refractivity contribution in [1.29, 1.82) is 0 Å². The van der Waals surface area contributed by atoms with Gasteiger partial charge < -0.3 is 19.7 Å². The van der Waals surface area contributed by atoms with Crippen LogP contribution in [0.3, 0.4) is 0 Å². The number of carbonyl (C=O) groups excluding carboxylic acids is 2. The topological polar surface area (TPSA) is 67.9 Å². The van der Waals surface area contributed by atoms with Crippen molar-refractivity contribution in [3.63, 3.8) is 0 Å². The van der Waals surface area contributed by atoms with E-state index < -0.39 is 0 Å². The molecule has 0 radical (unpaired) electrons. The minimum absolute atomic E-state index is 0.0400. The molecule has 0 fully saturated rings. The van der Waals surface area contributed by atoms with Crippen LogP contribution in [0.15, 0.2) is 66.7 Å². The molecular weight excluding hydrogens is 392 g/mol. The fourth-order valence-electron chi connectivity index (χ4n) is 3.78. The Kier molecular flexibility index (Phi) is 5.89. The molecule has 1 aliphatic rings. The van der Waals surface area contributed by atoms with E-state index in [4.69, 9.17) is 9.47 Å². The molecule has 3 aromatic carbocycles. The molecule has 0 unspecified atom stereocenters. The van der Waals surface area contributed by atoms with Gasteiger partial charge in [0.15, 0.2) is 0 Å². The molecule has 0 bridgehead atoms. The average Bonchev–Trinajstić information content (AvgIpc) is 2.83. The molecule has 31 heavy (non-hydrogen) atoms. The van der Waals surface area contributed by atoms with Gasteiger partial charge in [-0.2, -0.15) is 0 Å². The fraction of sp³-hybridized carbons (Fsp3) is 0.200. The zero-order chi connectivity index (χ0) is 21.8. The molecule has 0 aliphatic carbocycles. The Hall–Kier alpha value is -3.80. The molecule has 0 spiro atoms. The molecule has 0 atom stereocenters. The largest absolute Gasteiger partial charge is 0.497 e. The standard InChI is InChI=1S/C25H24N2O4/c1-30-20-12-13-21(23(16-20)31-2)24(28)26-19-11-10-17-9-6-14-27(22(17)15-19)25(29)18-7-4-3-5-8-18/h3-5,7-8,10-13,15-16H,6,9,14H2,1-2H3,(H,26,28). The van der Waals surface area contributed by atoms with Crippen LogP contribution in [0, 0.1) is 0 Å². The molecule has 1 aliphatic heterocycles. The molecule has 1 heterocycles. The van der Waals surface area contributed by atoms with E-state index >= 15 is 0 Å². The van der Waals surface area contributed by atoms with Crippen molar-refractivity contribution < 1.29 is 19.1 Å². The van der Waals surface area contributed by atoms with Crippen molar-refractivity contribution in [1.82, 2.24) is 0 Å². The number of aryl methyl sites for hydroxylation is 1. The van der Waals surface area contributed by atoms with E-state index in [2.05, 4.69) is 5.32 Å². The summed E-state index contributed by atoms with van der Waals surface area (Å²) >= 11 is 0. The van der Waals surface area contributed by atoms with E-state index in [1.165, 1.54) is 7.11 Å². The summed E-state index contributed by atoms with van der Waals surface area (Å²) in [5.41, 5.74) is 3.59. The number of hydrogen-bond donors (Lipinski definition) is 1. The number of carbonyl (C=O) groups is 2. The van der Waals surface area contributed by atoms with Crippen molar-refractivity contribution in [2.24, 2.45) is 0 Å². The van der Waals surface area contributed by atoms with Gasteiger partial charge in [-0.05, 0) is 54.8 Å². The molecule has 1 N–H and O–H groups in total. The van der Waals surface area contributed by atoms with Crippen LogP contribution in [0.4, 0.5) is 11.4 Å². The Morgan fingerprint density at radius 2 is 1.74 bits per heavy atom. The van der Waals surface area contributed by atoms with Gasteiger partial charge in [-0.25, -0.2) is 0 Å². The Morgan fingerprint density at radius 1 is 0.935 bits per heavy atom. The highest BCUT2D eigenvalue weighted by atomic mass is 16.5. The third kappa shape index (κ3) is 4.23. The Labute approximate surface area is 181 Å². The summed E-state index contributed by atoms with van der Waals surface area (Å²) in [6.07, 6.45) is 1.80. The second-order valence-electron chi connectivity index (χ2n) is 7.29. The summed E-state index contributed by atoms with van der Waals surface area (Å²) in [6.45, 7) is 0.643. The second kappa shape index (κ2) is 8.92. The maximum absolute atomic E-state index is 13.1. The van der Waals surface area contributed by atoms with Gasteiger partial charge in [-0.15, -0.1) is 0 Å². The van der Waals surface area contributed by atoms with Crippen LogP contribution >= 0.6 is 0 Å². The highest BCUT2D eigenvalue weighted by molar-refractivity contribution is 6.09. The molecule has 0 saturated heterocycles. The number of methoxy groups -OCH3 is 2. The van der Waals surface area contributed by atoms with Gasteiger partial charge in [0.25, 0.3) is 11.8 Å². The summed E-state index contributed by atoms with van der Waals surface area (Å²) in [5.74, 6) is 0.700. The summed E-state index contributed by atoms with van der Waals surface area (Å²) in [4.78, 5) is 27.7. The first kappa shape index (κ1) is 20.5. The Balaban J connectivity index is 1.60. The summed E-state index contributed by atoms with van der Waals surface area (Å²) < 4.78 is 10.5. The Bertz CT molecular complexity index is 1110. The molecule has 158 valence electrons. The van der Waals surface area contributed by atoms with Gasteiger partial charge in [0.1, 0.15) is 11.5 Å². The maximum atomic E-state index is 13.1. The van der Waals surface area contributed by atoms with Crippen LogP contribution in [-0.2, 0) is 6.42 Å². The monoisotopic (exact) mass is 416 g/mol. The molecular formula is C25H24N2O4. The van der Waals surface area contributed by atoms with Crippen molar-refractivity contribution in [2.75, 3.05) is 31.0 Å². The summed E-state index contributed by atoms with van der Waals surface area (Å²) in [6, 6.07) is 20.0. The lowest BCUT2D eigenvalue weighted by Crippen LogP contribution is -2.35. The number of rotatable bonds is 5. The van der Waals surface area contributed by atoms with Crippen molar-refractivity contribution in [3.05, 3.63) is 83.4 Å². The highest BCUT2D eigenvalue weighted by Crippen LogP contribution is 2.32. The molecule has 0 saturated carbocycles. The van der Waals surface area contributed by atoms with E-state index in [9.17, 15) is 9.59 Å². The number of benzene rings is 3. The minimum atomic E-state index is -0.295. The van der Waals surface area contributed by atoms with Gasteiger partial charge in [0.05, 0.1) is 19.8 Å². The van der Waals surface area contributed by atoms with Crippen LogP contribution in [0.5, 0.6) is 11.5 Å². The number of anilines is 2. The molecule has 0 aromatic heterocycles. The van der Waals surface area contributed by atoms with Gasteiger partial charge in [-0.3, -0.25) is 9.59 Å². The van der Waals surface area contributed by atoms with Crippen LogP contribution < -0.4 is 19.7 Å². The van der Waals surface area contributed by atoms with Crippen molar-refractivity contribution in [2.45, 2.75) is 12.8 Å². The maximum Gasteiger partial charge on any atom is 0.259 e. The summed E-state index contributed by atoms with van der Waals surface area (Å²) in [7, 11) is 3.07. The molecule has 6 nitrogen and oxygen atoms in total. The first-order chi connectivity index (χ1) is 15.1. The number of nitrogens with one attached hydrogen (secondary N) is 1. The lowest BCUT2D eigenvalue weighted by atomic mass is 10.00. The van der Waals surface area contributed by atoms with Crippen LogP contribution in [0.2, 0.25) is 0 Å². The molecule has 4 rings (SSSR count). The van der Waals surface area contributed by atoms with E-state index in [0.717, 1.165) is 24.1 Å². The third-order valence-electron chi connectivity index (χ3n) is 5.38. The van der Waals surface area contributed by atoms with E-state index in [0.29, 0.717) is 34.9 Å². The summed E-state index contributed by atoms with van der Waals surface area (Å²) in [5, 5.41) is 2.92. The van der Waals surface area contributed by atoms with Gasteiger partial charge in [-0.1, -0.05) is 24.3 Å². The van der Waals surface area contributed by atoms with Crippen LogP contribution in [0.1, 0.15) is 32.7 Å². The fourth-order valence-corrected chi connectivity index (χ4v) is 3.78. The lowest BCUT2D eigenvalue weighted by Gasteiger charge is -2.30. The number of hydrogen-bond acceptors (Lipinski definition) is 4. The zero-order valence-corrected chi connectivity index (χ0v) is 17.6. The van der Waals surface area contributed by atoms with E-state index in [-0.39, 0.29) is 11.8 Å². The SMILES string of the molecule is COc1ccc(C(=O)Nc2ccc3c(c2)N(C(=O)c2ccccc2)CCC3)c(OC)c1. The number of fused-ring (bicyclic) bond motifs is 1. The van der Waals surface area contributed by atoms with Gasteiger partial charge in [0, 0.05) is 29.5 Å². The van der Waals surface area contributed by atoms with Gasteiger partial charge >= 0.3 is 0 Å². The quantitative estimate of drug-likeness (QED) is 0.663. The van der Waals surface area contributed by atoms with Crippen molar-refractivity contribution >= 4 is 23.2 Å². The zero-order valence-electron chi connectivity index (χ0n) is 17.6. The van der Waals surface area contributed by atoms with Crippen LogP contribution in [-0.4, -0.2) is 32.6 Å². The predicted octanol–water partition coefficient (Wildman–Crippen LogP) is 4.55. The van der Waals surface area contributed by atoms with E-state index in [1.54, 1.807) is 30.2 Å². The van der Waals surface area contributed by atoms with E-state index in [1.807, 2.05) is 48.5 Å². The average molecular weight is 416 g/mol. The lowest BCUT2D eigenvalue weighted by molar-refractivity contribution is 0.0983. The molecule has 3 aromatic rings. The normalized spacial score (nSPS) is 12.6. The number of nitrogens with zero attached hydrogens (tertiary/aromatic N) is 1. The highest BCUT2D eigenvalue weighted by Gasteiger charge is 2.24. The first-order valence-electron chi connectivity index (χ1n) is 10.1. The Morgan fingerprint density at radius 3 is 2.48 bits per heavy atom. The molecule has 6 heteroatoms. The van der Waals surface area contributed by atoms with Crippen LogP contribution in [0.25, 0.3) is 0 Å². The molecule has 2 amide bonds. The first-order valence-corrected chi connectivity index (χ1v) is 10.1. The second-order valence-corrected chi connectivity index (χ2v) is 7.29. The third-order valence-corrected chi connectivity index (χ3v) is 5.38. The smallest absolute Gasteiger partial charge is 0.259 e. The number of ether oxygens (including phenoxy) is 2. The van der Waals surface area contributed by atoms with Gasteiger partial charge in [0.2, 0.25) is 0 Å². The minimum Gasteiger partial charge on any atom is -0.497 e. The number of amides is 2. The van der Waals surface area contributed by atoms with Crippen molar-refractivity contribution in [3.8, 4) is 11.5 Å². The predicted molar refractivity (Wildman–Crippen MR) is 120 cm³/mol.